The first kappa shape index (κ1) is 65.0. The number of halogens is 1. The number of hydrogen-bond acceptors (Lipinski definition) is 6. The van der Waals surface area contributed by atoms with Gasteiger partial charge in [0.05, 0.1) is 55.6 Å². The highest BCUT2D eigenvalue weighted by Gasteiger charge is 2.32. The number of hydrogen-bond donors (Lipinski definition) is 0. The number of benzene rings is 16. The lowest BCUT2D eigenvalue weighted by Gasteiger charge is -2.15. The van der Waals surface area contributed by atoms with Gasteiger partial charge in [0, 0.05) is 76.6 Å². The molecule has 0 spiro atoms. The van der Waals surface area contributed by atoms with E-state index in [-0.39, 0.29) is 5.82 Å². The quantitative estimate of drug-likeness (QED) is 0.143. The Labute approximate surface area is 649 Å². The minimum absolute atomic E-state index is 0.310. The number of aromatic nitrogens is 9. The van der Waals surface area contributed by atoms with Crippen molar-refractivity contribution in [1.29, 1.82) is 0 Å². The molecule has 0 radical (unpaired) electrons. The van der Waals surface area contributed by atoms with Crippen molar-refractivity contribution in [1.82, 2.24) is 43.4 Å². The Bertz CT molecular complexity index is 7530. The van der Waals surface area contributed by atoms with Gasteiger partial charge in [-0.25, -0.2) is 34.3 Å². The van der Waals surface area contributed by atoms with Crippen LogP contribution in [0.4, 0.5) is 4.39 Å². The van der Waals surface area contributed by atoms with Crippen LogP contribution in [0.25, 0.3) is 206 Å². The molecule has 0 amide bonds. The molecular weight excluding hydrogens is 1380 g/mol. The Hall–Kier alpha value is -15.1. The minimum Gasteiger partial charge on any atom is -0.308 e. The Kier molecular flexibility index (Phi) is 15.3. The molecule has 0 fully saturated rings. The average Bonchev–Trinajstić information content (AvgIpc) is 1.54. The molecule has 0 saturated carbocycles. The van der Waals surface area contributed by atoms with Crippen LogP contribution in [0.3, 0.4) is 0 Å². The van der Waals surface area contributed by atoms with Gasteiger partial charge in [0.15, 0.2) is 34.9 Å². The first-order valence-electron chi connectivity index (χ1n) is 38.2. The Morgan fingerprint density at radius 2 is 0.584 bits per heavy atom. The fourth-order valence-electron chi connectivity index (χ4n) is 17.7. The van der Waals surface area contributed by atoms with Crippen molar-refractivity contribution in [2.75, 3.05) is 0 Å². The van der Waals surface area contributed by atoms with Crippen molar-refractivity contribution in [2.24, 2.45) is 0 Å². The van der Waals surface area contributed by atoms with Crippen LogP contribution in [0, 0.1) is 5.82 Å². The molecule has 1 aliphatic heterocycles. The summed E-state index contributed by atoms with van der Waals surface area (Å²) in [6, 6.07) is 130. The van der Waals surface area contributed by atoms with Crippen molar-refractivity contribution >= 4 is 81.7 Å². The summed E-state index contributed by atoms with van der Waals surface area (Å²) < 4.78 is 22.0. The topological polar surface area (TPSA) is 91.6 Å². The van der Waals surface area contributed by atoms with E-state index in [0.717, 1.165) is 73.2 Å². The molecule has 1 aliphatic carbocycles. The van der Waals surface area contributed by atoms with Gasteiger partial charge < -0.3 is 13.5 Å². The summed E-state index contributed by atoms with van der Waals surface area (Å²) in [6.45, 7) is 0. The van der Waals surface area contributed by atoms with Gasteiger partial charge in [-0.05, 0) is 117 Å². The van der Waals surface area contributed by atoms with E-state index in [1.165, 1.54) is 116 Å². The highest BCUT2D eigenvalue weighted by atomic mass is 19.1. The predicted molar refractivity (Wildman–Crippen MR) is 460 cm³/mol. The van der Waals surface area contributed by atoms with Crippen LogP contribution < -0.4 is 0 Å². The fourth-order valence-corrected chi connectivity index (χ4v) is 17.7. The Balaban J connectivity index is 0.000000115. The third-order valence-electron chi connectivity index (χ3n) is 22.5. The smallest absolute Gasteiger partial charge is 0.167 e. The molecule has 16 aromatic carbocycles. The number of para-hydroxylation sites is 5. The lowest BCUT2D eigenvalue weighted by atomic mass is 9.93. The van der Waals surface area contributed by atoms with Crippen LogP contribution in [-0.2, 0) is 6.42 Å². The molecular formula is C103H64FN9. The molecule has 0 bridgehead atoms. The van der Waals surface area contributed by atoms with Crippen molar-refractivity contribution in [3.63, 3.8) is 0 Å². The van der Waals surface area contributed by atoms with Crippen molar-refractivity contribution < 1.29 is 4.39 Å². The zero-order chi connectivity index (χ0) is 74.6. The lowest BCUT2D eigenvalue weighted by molar-refractivity contribution is 0.630. The average molecular weight is 1450 g/mol. The monoisotopic (exact) mass is 1450 g/mol. The third-order valence-corrected chi connectivity index (χ3v) is 22.5. The van der Waals surface area contributed by atoms with E-state index in [4.69, 9.17) is 19.9 Å². The van der Waals surface area contributed by atoms with E-state index in [2.05, 4.69) is 278 Å². The molecule has 9 nitrogen and oxygen atoms in total. The molecule has 0 saturated heterocycles. The second-order valence-corrected chi connectivity index (χ2v) is 28.8. The molecule has 10 heteroatoms. The van der Waals surface area contributed by atoms with Crippen molar-refractivity contribution in [3.05, 3.63) is 393 Å². The van der Waals surface area contributed by atoms with E-state index in [1.807, 2.05) is 97.1 Å². The van der Waals surface area contributed by atoms with Crippen LogP contribution >= 0.6 is 0 Å². The van der Waals surface area contributed by atoms with Crippen LogP contribution in [0.1, 0.15) is 11.1 Å². The van der Waals surface area contributed by atoms with Crippen LogP contribution in [0.15, 0.2) is 376 Å². The number of nitrogens with zero attached hydrogens (tertiary/aromatic N) is 9. The van der Waals surface area contributed by atoms with Gasteiger partial charge in [-0.3, -0.25) is 0 Å². The van der Waals surface area contributed by atoms with Gasteiger partial charge in [0.1, 0.15) is 5.82 Å². The van der Waals surface area contributed by atoms with E-state index in [1.54, 1.807) is 18.2 Å². The maximum absolute atomic E-state index is 14.6. The summed E-state index contributed by atoms with van der Waals surface area (Å²) in [6.07, 6.45) is 1.04. The molecule has 0 unspecified atom stereocenters. The van der Waals surface area contributed by atoms with E-state index >= 15 is 0 Å². The summed E-state index contributed by atoms with van der Waals surface area (Å²) in [5, 5.41) is 10.1. The van der Waals surface area contributed by atoms with Gasteiger partial charge in [-0.1, -0.05) is 315 Å². The van der Waals surface area contributed by atoms with Gasteiger partial charge in [-0.15, -0.1) is 0 Å². The van der Waals surface area contributed by atoms with Gasteiger partial charge >= 0.3 is 0 Å². The second kappa shape index (κ2) is 26.6. The largest absolute Gasteiger partial charge is 0.308 e. The molecule has 24 rings (SSSR count). The van der Waals surface area contributed by atoms with Gasteiger partial charge in [0.25, 0.3) is 0 Å². The highest BCUT2D eigenvalue weighted by Crippen LogP contribution is 2.53. The van der Waals surface area contributed by atoms with Crippen molar-refractivity contribution in [3.8, 4) is 124 Å². The van der Waals surface area contributed by atoms with Gasteiger partial charge in [0.2, 0.25) is 0 Å². The zero-order valence-electron chi connectivity index (χ0n) is 60.9. The fraction of sp³-hybridized carbons (Fsp3) is 0.00971. The summed E-state index contributed by atoms with van der Waals surface area (Å²) in [4.78, 5) is 29.8. The molecule has 0 atom stereocenters. The molecule has 7 heterocycles. The molecule has 2 aliphatic rings. The minimum atomic E-state index is -0.366. The molecule has 113 heavy (non-hydrogen) atoms. The summed E-state index contributed by atoms with van der Waals surface area (Å²) in [5.41, 5.74) is 28.5. The standard InChI is InChI=1S/C51H31N5.C27H18FN3.C25H15N/c1-3-16-32(17-4-1)34-20-7-8-22-39(34)50-52-49(33-18-5-2-6-19-33)53-51(54-50)40-23-10-12-28-42(40)55-43-29-14-24-36-38-26-13-25-37-35-21-9-11-27-41(35)56(48(37)38)45-31-15-30-44(55)47(45)46(36)43;28-24-18-10-9-17-23(24)27-30-25(20-13-5-2-6-14-20)29-26(31-27)22-16-8-7-15-21(22)19-11-3-1-4-12-19;1-2-12-21-17(8-1)19-10-5-11-20-18-9-3-6-15-14-16-7-4-13-22(24(16)23(15)18)26(21)25(19)20/h1-31H;1-18H;1-13H,14H2. The predicted octanol–water partition coefficient (Wildman–Crippen LogP) is 25.8. The van der Waals surface area contributed by atoms with E-state index in [9.17, 15) is 4.39 Å². The lowest BCUT2D eigenvalue weighted by Crippen LogP contribution is -2.04. The Morgan fingerprint density at radius 1 is 0.212 bits per heavy atom. The SMILES string of the molecule is Fc1ccccc1-c1nc(-c2ccccc2)nc(-c2ccccc2-c2ccccc2)n1.c1cc2c3c(c1)-c1cccc4c5ccccc5n(c14)-c1cccc(c1-3)C2.c1ccc(-c2nc(-c3ccccc3-c3ccccc3)nc(-c3ccccc3-n3c4cccc5c6cccc7c8ccccc8n(c8cccc3c8c54)c67)n2)cc1. The highest BCUT2D eigenvalue weighted by molar-refractivity contribution is 6.31. The zero-order valence-corrected chi connectivity index (χ0v) is 60.9. The molecule has 0 N–H and O–H groups in total. The van der Waals surface area contributed by atoms with Crippen LogP contribution in [0.2, 0.25) is 0 Å². The molecule has 6 aromatic heterocycles. The second-order valence-electron chi connectivity index (χ2n) is 28.8. The first-order valence-corrected chi connectivity index (χ1v) is 38.2. The number of fused-ring (bicyclic) bond motifs is 10. The first-order chi connectivity index (χ1) is 56.0. The van der Waals surface area contributed by atoms with Gasteiger partial charge in [-0.2, -0.15) is 0 Å². The van der Waals surface area contributed by atoms with Crippen LogP contribution in [-0.4, -0.2) is 43.4 Å². The maximum atomic E-state index is 14.6. The summed E-state index contributed by atoms with van der Waals surface area (Å²) in [7, 11) is 0. The number of rotatable bonds is 9. The maximum Gasteiger partial charge on any atom is 0.167 e. The third kappa shape index (κ3) is 10.6. The van der Waals surface area contributed by atoms with E-state index in [0.29, 0.717) is 40.5 Å². The van der Waals surface area contributed by atoms with Crippen LogP contribution in [0.5, 0.6) is 0 Å². The summed E-state index contributed by atoms with van der Waals surface area (Å²) in [5.74, 6) is 2.83. The molecule has 22 aromatic rings. The summed E-state index contributed by atoms with van der Waals surface area (Å²) >= 11 is 0. The normalized spacial score (nSPS) is 11.9. The van der Waals surface area contributed by atoms with Crippen molar-refractivity contribution in [2.45, 2.75) is 6.42 Å². The Morgan fingerprint density at radius 3 is 1.21 bits per heavy atom. The van der Waals surface area contributed by atoms with E-state index < -0.39 is 0 Å². The molecule has 528 valence electrons.